The van der Waals surface area contributed by atoms with E-state index in [-0.39, 0.29) is 17.7 Å². The summed E-state index contributed by atoms with van der Waals surface area (Å²) in [5.41, 5.74) is 3.69. The summed E-state index contributed by atoms with van der Waals surface area (Å²) in [7, 11) is 1.93. The van der Waals surface area contributed by atoms with Gasteiger partial charge in [0.25, 0.3) is 5.91 Å². The van der Waals surface area contributed by atoms with Gasteiger partial charge < -0.3 is 24.4 Å². The third-order valence-electron chi connectivity index (χ3n) is 6.19. The molecule has 0 bridgehead atoms. The minimum Gasteiger partial charge on any atom is -0.444 e. The Morgan fingerprint density at radius 2 is 1.79 bits per heavy atom. The molecule has 0 spiro atoms. The number of rotatable bonds is 4. The lowest BCUT2D eigenvalue weighted by atomic mass is 10.2. The van der Waals surface area contributed by atoms with E-state index in [1.54, 1.807) is 35.9 Å². The highest BCUT2D eigenvalue weighted by molar-refractivity contribution is 6.04. The number of piperazine rings is 1. The van der Waals surface area contributed by atoms with E-state index < -0.39 is 5.60 Å². The van der Waals surface area contributed by atoms with Gasteiger partial charge in [-0.15, -0.1) is 0 Å². The van der Waals surface area contributed by atoms with Crippen molar-refractivity contribution in [1.82, 2.24) is 29.4 Å². The second kappa shape index (κ2) is 10.1. The number of nitrogens with zero attached hydrogens (tertiary/aromatic N) is 7. The number of anilines is 2. The maximum atomic E-state index is 13.2. The molecule has 11 heteroatoms. The summed E-state index contributed by atoms with van der Waals surface area (Å²) < 4.78 is 7.43. The number of benzene rings is 1. The summed E-state index contributed by atoms with van der Waals surface area (Å²) in [5.74, 6) is 0.0732. The SMILES string of the molecule is Cn1cnc2cc(-c3nccc(C(=O)Nc4cnccc4N4CCN(C(=O)OC(C)(C)C)CC4)n3)ccc21. The van der Waals surface area contributed by atoms with Crippen molar-refractivity contribution < 1.29 is 14.3 Å². The molecule has 4 heterocycles. The number of amides is 2. The predicted molar refractivity (Wildman–Crippen MR) is 144 cm³/mol. The first-order chi connectivity index (χ1) is 18.2. The molecule has 38 heavy (non-hydrogen) atoms. The van der Waals surface area contributed by atoms with Crippen molar-refractivity contribution in [2.75, 3.05) is 36.4 Å². The van der Waals surface area contributed by atoms with Crippen LogP contribution in [0.3, 0.4) is 0 Å². The summed E-state index contributed by atoms with van der Waals surface area (Å²) in [4.78, 5) is 46.9. The van der Waals surface area contributed by atoms with Crippen LogP contribution in [0.4, 0.5) is 16.2 Å². The molecule has 2 amide bonds. The number of aryl methyl sites for hydroxylation is 1. The van der Waals surface area contributed by atoms with Crippen molar-refractivity contribution >= 4 is 34.4 Å². The first kappa shape index (κ1) is 25.1. The van der Waals surface area contributed by atoms with Gasteiger partial charge in [0.15, 0.2) is 5.82 Å². The quantitative estimate of drug-likeness (QED) is 0.438. The molecular formula is C27H30N8O3. The summed E-state index contributed by atoms with van der Waals surface area (Å²) in [6.45, 7) is 7.78. The van der Waals surface area contributed by atoms with Crippen LogP contribution in [0.25, 0.3) is 22.4 Å². The van der Waals surface area contributed by atoms with Crippen LogP contribution in [-0.2, 0) is 11.8 Å². The molecule has 1 fully saturated rings. The zero-order valence-corrected chi connectivity index (χ0v) is 21.9. The molecule has 0 atom stereocenters. The van der Waals surface area contributed by atoms with Crippen molar-refractivity contribution in [3.05, 3.63) is 60.9 Å². The number of fused-ring (bicyclic) bond motifs is 1. The lowest BCUT2D eigenvalue weighted by Crippen LogP contribution is -2.50. The summed E-state index contributed by atoms with van der Waals surface area (Å²) in [6, 6.07) is 9.21. The molecule has 196 valence electrons. The van der Waals surface area contributed by atoms with Gasteiger partial charge in [-0.1, -0.05) is 0 Å². The molecule has 4 aromatic rings. The molecule has 1 saturated heterocycles. The molecule has 0 aliphatic carbocycles. The zero-order valence-electron chi connectivity index (χ0n) is 21.9. The minimum absolute atomic E-state index is 0.237. The smallest absolute Gasteiger partial charge is 0.410 e. The van der Waals surface area contributed by atoms with Gasteiger partial charge >= 0.3 is 6.09 Å². The van der Waals surface area contributed by atoms with Crippen LogP contribution in [0.5, 0.6) is 0 Å². The summed E-state index contributed by atoms with van der Waals surface area (Å²) >= 11 is 0. The topological polar surface area (TPSA) is 118 Å². The Kier molecular flexibility index (Phi) is 6.66. The predicted octanol–water partition coefficient (Wildman–Crippen LogP) is 3.73. The number of pyridine rings is 1. The van der Waals surface area contributed by atoms with Gasteiger partial charge in [-0.25, -0.2) is 19.7 Å². The molecule has 0 unspecified atom stereocenters. The van der Waals surface area contributed by atoms with Gasteiger partial charge in [0.2, 0.25) is 0 Å². The first-order valence-electron chi connectivity index (χ1n) is 12.4. The van der Waals surface area contributed by atoms with E-state index in [0.717, 1.165) is 22.3 Å². The number of hydrogen-bond acceptors (Lipinski definition) is 8. The molecule has 11 nitrogen and oxygen atoms in total. The van der Waals surface area contributed by atoms with Crippen molar-refractivity contribution in [2.24, 2.45) is 7.05 Å². The van der Waals surface area contributed by atoms with Crippen LogP contribution in [0.2, 0.25) is 0 Å². The fourth-order valence-electron chi connectivity index (χ4n) is 4.30. The van der Waals surface area contributed by atoms with Crippen LogP contribution < -0.4 is 10.2 Å². The van der Waals surface area contributed by atoms with Crippen molar-refractivity contribution in [2.45, 2.75) is 26.4 Å². The first-order valence-corrected chi connectivity index (χ1v) is 12.4. The van der Waals surface area contributed by atoms with Gasteiger partial charge in [0.05, 0.1) is 34.9 Å². The zero-order chi connectivity index (χ0) is 26.9. The second-order valence-corrected chi connectivity index (χ2v) is 10.1. The minimum atomic E-state index is -0.539. The van der Waals surface area contributed by atoms with E-state index in [1.807, 2.05) is 56.7 Å². The van der Waals surface area contributed by atoms with Gasteiger partial charge in [0.1, 0.15) is 11.3 Å². The normalized spacial score (nSPS) is 14.0. The van der Waals surface area contributed by atoms with Gasteiger partial charge in [0, 0.05) is 51.2 Å². The number of ether oxygens (including phenoxy) is 1. The molecule has 1 aromatic carbocycles. The Hall–Kier alpha value is -4.54. The van der Waals surface area contributed by atoms with Gasteiger partial charge in [-0.05, 0) is 51.1 Å². The number of carbonyl (C=O) groups is 2. The monoisotopic (exact) mass is 514 g/mol. The third-order valence-corrected chi connectivity index (χ3v) is 6.19. The molecule has 1 N–H and O–H groups in total. The van der Waals surface area contributed by atoms with Crippen LogP contribution in [0, 0.1) is 0 Å². The van der Waals surface area contributed by atoms with E-state index in [2.05, 4.69) is 30.2 Å². The number of imidazole rings is 1. The standard InChI is InChI=1S/C27H30N8O3/c1-27(2,3)38-26(37)35-13-11-34(12-14-35)23-8-9-28-16-21(23)32-25(36)19-7-10-29-24(31-19)18-5-6-22-20(15-18)30-17-33(22)4/h5-10,15-17H,11-14H2,1-4H3,(H,32,36). The highest BCUT2D eigenvalue weighted by Crippen LogP contribution is 2.27. The van der Waals surface area contributed by atoms with E-state index in [0.29, 0.717) is 37.7 Å². The lowest BCUT2D eigenvalue weighted by molar-refractivity contribution is 0.0240. The average molecular weight is 515 g/mol. The second-order valence-electron chi connectivity index (χ2n) is 10.1. The number of hydrogen-bond donors (Lipinski definition) is 1. The summed E-state index contributed by atoms with van der Waals surface area (Å²) in [6.07, 6.45) is 6.30. The van der Waals surface area contributed by atoms with E-state index in [1.165, 1.54) is 0 Å². The maximum Gasteiger partial charge on any atom is 0.410 e. The van der Waals surface area contributed by atoms with E-state index in [4.69, 9.17) is 4.74 Å². The fraction of sp³-hybridized carbons (Fsp3) is 0.333. The Labute approximate surface area is 220 Å². The van der Waals surface area contributed by atoms with Crippen LogP contribution in [0.1, 0.15) is 31.3 Å². The van der Waals surface area contributed by atoms with Crippen LogP contribution in [-0.4, -0.2) is 73.2 Å². The lowest BCUT2D eigenvalue weighted by Gasteiger charge is -2.37. The number of carbonyl (C=O) groups excluding carboxylic acids is 2. The highest BCUT2D eigenvalue weighted by atomic mass is 16.6. The molecular weight excluding hydrogens is 484 g/mol. The Balaban J connectivity index is 1.29. The fourth-order valence-corrected chi connectivity index (χ4v) is 4.30. The Morgan fingerprint density at radius 1 is 1.00 bits per heavy atom. The summed E-state index contributed by atoms with van der Waals surface area (Å²) in [5, 5.41) is 2.95. The van der Waals surface area contributed by atoms with E-state index in [9.17, 15) is 9.59 Å². The molecule has 1 aliphatic rings. The molecule has 0 radical (unpaired) electrons. The van der Waals surface area contributed by atoms with Crippen LogP contribution in [0.15, 0.2) is 55.2 Å². The van der Waals surface area contributed by atoms with E-state index >= 15 is 0 Å². The number of aromatic nitrogens is 5. The van der Waals surface area contributed by atoms with Crippen molar-refractivity contribution in [1.29, 1.82) is 0 Å². The number of nitrogens with one attached hydrogen (secondary N) is 1. The van der Waals surface area contributed by atoms with Crippen molar-refractivity contribution in [3.8, 4) is 11.4 Å². The molecule has 5 rings (SSSR count). The Bertz CT molecular complexity index is 1490. The van der Waals surface area contributed by atoms with Crippen molar-refractivity contribution in [3.63, 3.8) is 0 Å². The van der Waals surface area contributed by atoms with Gasteiger partial charge in [-0.2, -0.15) is 0 Å². The molecule has 1 aliphatic heterocycles. The van der Waals surface area contributed by atoms with Crippen LogP contribution >= 0.6 is 0 Å². The molecule has 0 saturated carbocycles. The Morgan fingerprint density at radius 3 is 2.55 bits per heavy atom. The maximum absolute atomic E-state index is 13.2. The third kappa shape index (κ3) is 5.41. The largest absolute Gasteiger partial charge is 0.444 e. The van der Waals surface area contributed by atoms with Gasteiger partial charge in [-0.3, -0.25) is 9.78 Å². The molecule has 3 aromatic heterocycles. The average Bonchev–Trinajstić information content (AvgIpc) is 3.28. The highest BCUT2D eigenvalue weighted by Gasteiger charge is 2.27.